The van der Waals surface area contributed by atoms with Crippen molar-refractivity contribution in [1.29, 1.82) is 0 Å². The first-order valence-corrected chi connectivity index (χ1v) is 5.27. The van der Waals surface area contributed by atoms with Gasteiger partial charge in [0.2, 0.25) is 0 Å². The maximum atomic E-state index is 5.99. The highest BCUT2D eigenvalue weighted by atomic mass is 35.5. The van der Waals surface area contributed by atoms with Gasteiger partial charge in [0.25, 0.3) is 0 Å². The second kappa shape index (κ2) is 4.51. The fourth-order valence-electron chi connectivity index (χ4n) is 1.49. The van der Waals surface area contributed by atoms with Gasteiger partial charge in [0.15, 0.2) is 0 Å². The van der Waals surface area contributed by atoms with Crippen LogP contribution in [0.3, 0.4) is 0 Å². The molecule has 0 fully saturated rings. The van der Waals surface area contributed by atoms with E-state index in [-0.39, 0.29) is 0 Å². The Kier molecular flexibility index (Phi) is 3.08. The zero-order valence-corrected chi connectivity index (χ0v) is 9.46. The van der Waals surface area contributed by atoms with Gasteiger partial charge < -0.3 is 10.7 Å². The number of nitrogens with one attached hydrogen (secondary N) is 1. The summed E-state index contributed by atoms with van der Waals surface area (Å²) >= 11 is 5.99. The molecule has 0 saturated carbocycles. The van der Waals surface area contributed by atoms with Crippen molar-refractivity contribution < 1.29 is 0 Å². The van der Waals surface area contributed by atoms with Crippen LogP contribution in [0.25, 0.3) is 5.57 Å². The van der Waals surface area contributed by atoms with Crippen molar-refractivity contribution in [3.63, 3.8) is 0 Å². The Bertz CT molecular complexity index is 503. The van der Waals surface area contributed by atoms with Crippen molar-refractivity contribution in [3.05, 3.63) is 59.1 Å². The molecule has 3 nitrogen and oxygen atoms in total. The number of hydrogen-bond acceptors (Lipinski definition) is 2. The summed E-state index contributed by atoms with van der Waals surface area (Å²) in [6, 6.07) is 5.67. The molecule has 0 unspecified atom stereocenters. The molecule has 2 aromatic rings. The zero-order chi connectivity index (χ0) is 11.5. The normalized spacial score (nSPS) is 10.4. The van der Waals surface area contributed by atoms with Crippen LogP contribution >= 0.6 is 11.6 Å². The molecule has 82 valence electrons. The summed E-state index contributed by atoms with van der Waals surface area (Å²) in [5.41, 5.74) is 8.31. The van der Waals surface area contributed by atoms with Gasteiger partial charge in [-0.3, -0.25) is 0 Å². The van der Waals surface area contributed by atoms with Crippen LogP contribution in [-0.4, -0.2) is 9.97 Å². The summed E-state index contributed by atoms with van der Waals surface area (Å²) in [6.45, 7) is 4.41. The minimum atomic E-state index is 0.415. The van der Waals surface area contributed by atoms with Crippen LogP contribution in [0.2, 0.25) is 5.02 Å². The lowest BCUT2D eigenvalue weighted by molar-refractivity contribution is 1.07. The number of nitrogens with two attached hydrogens (primary N) is 1. The average Bonchev–Trinajstić information content (AvgIpc) is 2.82. The van der Waals surface area contributed by atoms with Gasteiger partial charge in [-0.25, -0.2) is 4.98 Å². The van der Waals surface area contributed by atoms with E-state index in [1.54, 1.807) is 12.4 Å². The van der Waals surface area contributed by atoms with Crippen LogP contribution < -0.4 is 5.73 Å². The van der Waals surface area contributed by atoms with Gasteiger partial charge in [-0.1, -0.05) is 24.2 Å². The third-order valence-electron chi connectivity index (χ3n) is 2.40. The van der Waals surface area contributed by atoms with Gasteiger partial charge in [-0.2, -0.15) is 0 Å². The molecule has 0 atom stereocenters. The highest BCUT2D eigenvalue weighted by molar-refractivity contribution is 6.31. The third-order valence-corrected chi connectivity index (χ3v) is 2.77. The number of aromatic amines is 1. The minimum Gasteiger partial charge on any atom is -0.345 e. The number of halogens is 1. The van der Waals surface area contributed by atoms with Gasteiger partial charge in [-0.15, -0.1) is 0 Å². The molecule has 0 aliphatic carbocycles. The van der Waals surface area contributed by atoms with Crippen molar-refractivity contribution >= 4 is 17.2 Å². The Balaban J connectivity index is 2.38. The maximum absolute atomic E-state index is 5.99. The van der Waals surface area contributed by atoms with Crippen molar-refractivity contribution in [1.82, 2.24) is 9.97 Å². The fourth-order valence-corrected chi connectivity index (χ4v) is 1.68. The van der Waals surface area contributed by atoms with Crippen LogP contribution in [-0.2, 0) is 6.54 Å². The summed E-state index contributed by atoms with van der Waals surface area (Å²) in [6.07, 6.45) is 3.46. The smallest absolute Gasteiger partial charge is 0.137 e. The van der Waals surface area contributed by atoms with E-state index in [0.717, 1.165) is 22.5 Å². The van der Waals surface area contributed by atoms with Crippen LogP contribution in [0.5, 0.6) is 0 Å². The molecule has 0 bridgehead atoms. The van der Waals surface area contributed by atoms with Gasteiger partial charge in [-0.05, 0) is 23.3 Å². The predicted octanol–water partition coefficient (Wildman–Crippen LogP) is 2.58. The van der Waals surface area contributed by atoms with E-state index in [1.807, 2.05) is 18.2 Å². The Morgan fingerprint density at radius 2 is 2.31 bits per heavy atom. The van der Waals surface area contributed by atoms with E-state index in [2.05, 4.69) is 16.5 Å². The van der Waals surface area contributed by atoms with E-state index in [0.29, 0.717) is 11.6 Å². The molecule has 0 aliphatic rings. The lowest BCUT2D eigenvalue weighted by atomic mass is 10.0. The van der Waals surface area contributed by atoms with Gasteiger partial charge in [0, 0.05) is 29.5 Å². The molecule has 0 saturated heterocycles. The summed E-state index contributed by atoms with van der Waals surface area (Å²) < 4.78 is 0. The zero-order valence-electron chi connectivity index (χ0n) is 8.70. The van der Waals surface area contributed by atoms with Crippen LogP contribution in [0.1, 0.15) is 17.0 Å². The Labute approximate surface area is 99.0 Å². The molecule has 2 rings (SSSR count). The molecule has 1 aromatic carbocycles. The lowest BCUT2D eigenvalue weighted by Gasteiger charge is -2.06. The van der Waals surface area contributed by atoms with E-state index in [4.69, 9.17) is 17.3 Å². The minimum absolute atomic E-state index is 0.415. The molecule has 0 amide bonds. The maximum Gasteiger partial charge on any atom is 0.137 e. The molecule has 3 N–H and O–H groups in total. The summed E-state index contributed by atoms with van der Waals surface area (Å²) in [7, 11) is 0. The number of hydrogen-bond donors (Lipinski definition) is 2. The van der Waals surface area contributed by atoms with Gasteiger partial charge in [0.1, 0.15) is 5.82 Å². The Hall–Kier alpha value is -1.58. The van der Waals surface area contributed by atoms with E-state index >= 15 is 0 Å². The van der Waals surface area contributed by atoms with Crippen LogP contribution in [0.4, 0.5) is 0 Å². The predicted molar refractivity (Wildman–Crippen MR) is 66.1 cm³/mol. The fraction of sp³-hybridized carbons (Fsp3) is 0.0833. The third kappa shape index (κ3) is 2.01. The molecule has 0 aliphatic heterocycles. The van der Waals surface area contributed by atoms with Gasteiger partial charge >= 0.3 is 0 Å². The molecular formula is C12H12ClN3. The first kappa shape index (κ1) is 10.9. The van der Waals surface area contributed by atoms with Crippen molar-refractivity contribution in [2.45, 2.75) is 6.54 Å². The van der Waals surface area contributed by atoms with E-state index in [1.165, 1.54) is 0 Å². The molecule has 1 aromatic heterocycles. The average molecular weight is 234 g/mol. The number of aromatic nitrogens is 2. The highest BCUT2D eigenvalue weighted by Crippen LogP contribution is 2.23. The summed E-state index contributed by atoms with van der Waals surface area (Å²) in [5, 5.41) is 0.679. The Morgan fingerprint density at radius 1 is 1.50 bits per heavy atom. The van der Waals surface area contributed by atoms with Gasteiger partial charge in [0.05, 0.1) is 0 Å². The molecule has 1 heterocycles. The van der Waals surface area contributed by atoms with E-state index < -0.39 is 0 Å². The topological polar surface area (TPSA) is 54.7 Å². The second-order valence-corrected chi connectivity index (χ2v) is 3.83. The van der Waals surface area contributed by atoms with Crippen LogP contribution in [0.15, 0.2) is 37.2 Å². The van der Waals surface area contributed by atoms with Crippen molar-refractivity contribution in [3.8, 4) is 0 Å². The lowest BCUT2D eigenvalue weighted by Crippen LogP contribution is -1.99. The molecule has 16 heavy (non-hydrogen) atoms. The van der Waals surface area contributed by atoms with Crippen LogP contribution in [0, 0.1) is 0 Å². The first-order valence-electron chi connectivity index (χ1n) is 4.90. The number of H-pyrrole nitrogens is 1. The highest BCUT2D eigenvalue weighted by Gasteiger charge is 2.06. The molecule has 0 radical (unpaired) electrons. The van der Waals surface area contributed by atoms with Crippen molar-refractivity contribution in [2.75, 3.05) is 0 Å². The summed E-state index contributed by atoms with van der Waals surface area (Å²) in [5.74, 6) is 0.755. The molecule has 0 spiro atoms. The SMILES string of the molecule is C=C(c1ccc(Cl)c(CN)c1)c1ncc[nH]1. The largest absolute Gasteiger partial charge is 0.345 e. The summed E-state index contributed by atoms with van der Waals surface area (Å²) in [4.78, 5) is 7.16. The number of rotatable bonds is 3. The Morgan fingerprint density at radius 3 is 2.94 bits per heavy atom. The molecule has 4 heteroatoms. The number of imidazole rings is 1. The first-order chi connectivity index (χ1) is 7.72. The number of benzene rings is 1. The molecular weight excluding hydrogens is 222 g/mol. The standard InChI is InChI=1S/C12H12ClN3/c1-8(12-15-4-5-16-12)9-2-3-11(13)10(6-9)7-14/h2-6H,1,7,14H2,(H,15,16). The van der Waals surface area contributed by atoms with Crippen molar-refractivity contribution in [2.24, 2.45) is 5.73 Å². The number of nitrogens with zero attached hydrogens (tertiary/aromatic N) is 1. The quantitative estimate of drug-likeness (QED) is 0.856. The van der Waals surface area contributed by atoms with E-state index in [9.17, 15) is 0 Å². The monoisotopic (exact) mass is 233 g/mol. The second-order valence-electron chi connectivity index (χ2n) is 3.43.